The predicted molar refractivity (Wildman–Crippen MR) is 50.3 cm³/mol. The molecule has 0 heterocycles. The van der Waals surface area contributed by atoms with Crippen LogP contribution in [0.4, 0.5) is 0 Å². The monoisotopic (exact) mass is 184 g/mol. The molecule has 0 saturated carbocycles. The van der Waals surface area contributed by atoms with E-state index in [4.69, 9.17) is 14.9 Å². The Bertz CT molecular complexity index is 208. The van der Waals surface area contributed by atoms with Gasteiger partial charge in [0.25, 0.3) is 0 Å². The summed E-state index contributed by atoms with van der Waals surface area (Å²) in [6.07, 6.45) is 6.27. The van der Waals surface area contributed by atoms with Crippen molar-refractivity contribution in [3.8, 4) is 0 Å². The lowest BCUT2D eigenvalue weighted by molar-refractivity contribution is -0.0121. The minimum absolute atomic E-state index is 0.0243. The van der Waals surface area contributed by atoms with Crippen LogP contribution in [0.5, 0.6) is 0 Å². The largest absolute Gasteiger partial charge is 0.394 e. The maximum atomic E-state index is 9.04. The molecule has 0 bridgehead atoms. The van der Waals surface area contributed by atoms with Crippen molar-refractivity contribution in [2.45, 2.75) is 25.6 Å². The molecule has 3 nitrogen and oxygen atoms in total. The van der Waals surface area contributed by atoms with Crippen molar-refractivity contribution in [1.29, 1.82) is 0 Å². The Labute approximate surface area is 78.3 Å². The van der Waals surface area contributed by atoms with E-state index in [1.54, 1.807) is 0 Å². The fourth-order valence-electron chi connectivity index (χ4n) is 1.18. The molecule has 74 valence electrons. The molecule has 0 spiro atoms. The van der Waals surface area contributed by atoms with Crippen LogP contribution in [0.2, 0.25) is 0 Å². The van der Waals surface area contributed by atoms with Gasteiger partial charge in [-0.15, -0.1) is 0 Å². The van der Waals surface area contributed by atoms with Crippen molar-refractivity contribution in [3.63, 3.8) is 0 Å². The highest BCUT2D eigenvalue weighted by atomic mass is 16.5. The van der Waals surface area contributed by atoms with Crippen LogP contribution in [0.25, 0.3) is 0 Å². The zero-order valence-electron chi connectivity index (χ0n) is 7.81. The Morgan fingerprint density at radius 2 is 2.38 bits per heavy atom. The molecule has 2 atom stereocenters. The lowest BCUT2D eigenvalue weighted by Gasteiger charge is -2.16. The summed E-state index contributed by atoms with van der Waals surface area (Å²) in [7, 11) is 0. The van der Waals surface area contributed by atoms with Gasteiger partial charge in [-0.25, -0.2) is 0 Å². The van der Waals surface area contributed by atoms with Gasteiger partial charge >= 0.3 is 0 Å². The molecule has 0 amide bonds. The molecular formula is C10H16O3. The van der Waals surface area contributed by atoms with Crippen LogP contribution in [0.15, 0.2) is 23.8 Å². The van der Waals surface area contributed by atoms with Crippen molar-refractivity contribution in [2.75, 3.05) is 13.2 Å². The number of aliphatic hydroxyl groups excluding tert-OH is 2. The number of allylic oxidation sites excluding steroid dienone is 3. The Kier molecular flexibility index (Phi) is 4.15. The third-order valence-electron chi connectivity index (χ3n) is 2.07. The lowest BCUT2D eigenvalue weighted by Crippen LogP contribution is -2.23. The molecule has 0 aromatic carbocycles. The number of hydrogen-bond donors (Lipinski definition) is 2. The van der Waals surface area contributed by atoms with Gasteiger partial charge in [0.15, 0.2) is 0 Å². The second-order valence-electron chi connectivity index (χ2n) is 3.19. The number of ether oxygens (including phenoxy) is 1. The zero-order chi connectivity index (χ0) is 9.68. The summed E-state index contributed by atoms with van der Waals surface area (Å²) in [6, 6.07) is 0. The van der Waals surface area contributed by atoms with Crippen molar-refractivity contribution in [1.82, 2.24) is 0 Å². The van der Waals surface area contributed by atoms with Crippen LogP contribution < -0.4 is 0 Å². The highest BCUT2D eigenvalue weighted by Crippen LogP contribution is 2.16. The van der Waals surface area contributed by atoms with E-state index in [2.05, 4.69) is 6.08 Å². The van der Waals surface area contributed by atoms with E-state index >= 15 is 0 Å². The van der Waals surface area contributed by atoms with Gasteiger partial charge in [-0.05, 0) is 18.9 Å². The van der Waals surface area contributed by atoms with Crippen molar-refractivity contribution >= 4 is 0 Å². The second-order valence-corrected chi connectivity index (χ2v) is 3.19. The van der Waals surface area contributed by atoms with Crippen molar-refractivity contribution in [3.05, 3.63) is 23.8 Å². The third kappa shape index (κ3) is 3.30. The molecule has 0 aromatic rings. The summed E-state index contributed by atoms with van der Waals surface area (Å²) >= 11 is 0. The maximum Gasteiger partial charge on any atom is 0.100 e. The van der Waals surface area contributed by atoms with Crippen LogP contribution in [-0.4, -0.2) is 35.6 Å². The van der Waals surface area contributed by atoms with Gasteiger partial charge in [0.1, 0.15) is 6.10 Å². The molecule has 2 unspecified atom stereocenters. The Morgan fingerprint density at radius 3 is 2.92 bits per heavy atom. The van der Waals surface area contributed by atoms with E-state index in [1.165, 1.54) is 5.57 Å². The molecule has 0 aromatic heterocycles. The summed E-state index contributed by atoms with van der Waals surface area (Å²) in [6.45, 7) is 1.89. The van der Waals surface area contributed by atoms with Crippen molar-refractivity contribution < 1.29 is 14.9 Å². The molecule has 0 aliphatic heterocycles. The second kappa shape index (κ2) is 5.17. The van der Waals surface area contributed by atoms with Crippen LogP contribution >= 0.6 is 0 Å². The summed E-state index contributed by atoms with van der Waals surface area (Å²) < 4.78 is 5.36. The van der Waals surface area contributed by atoms with Crippen LogP contribution in [0.1, 0.15) is 13.3 Å². The molecule has 0 saturated heterocycles. The molecule has 1 rings (SSSR count). The zero-order valence-corrected chi connectivity index (χ0v) is 7.81. The minimum atomic E-state index is -0.766. The summed E-state index contributed by atoms with van der Waals surface area (Å²) in [5, 5.41) is 17.6. The molecule has 13 heavy (non-hydrogen) atoms. The number of hydrogen-bond acceptors (Lipinski definition) is 3. The van der Waals surface area contributed by atoms with Crippen LogP contribution in [-0.2, 0) is 4.74 Å². The van der Waals surface area contributed by atoms with Gasteiger partial charge in [-0.3, -0.25) is 0 Å². The van der Waals surface area contributed by atoms with Gasteiger partial charge in [0.2, 0.25) is 0 Å². The van der Waals surface area contributed by atoms with Crippen LogP contribution in [0.3, 0.4) is 0 Å². The molecule has 3 heteroatoms. The molecule has 0 radical (unpaired) electrons. The smallest absolute Gasteiger partial charge is 0.100 e. The molecule has 2 N–H and O–H groups in total. The Morgan fingerprint density at radius 1 is 1.62 bits per heavy atom. The normalized spacial score (nSPS) is 20.1. The molecule has 0 fully saturated rings. The highest BCUT2D eigenvalue weighted by Gasteiger charge is 2.11. The SMILES string of the molecule is CC(OCC(O)CO)C1=CC=CC1. The summed E-state index contributed by atoms with van der Waals surface area (Å²) in [5.74, 6) is 0. The van der Waals surface area contributed by atoms with Gasteiger partial charge in [0.05, 0.1) is 19.3 Å². The van der Waals surface area contributed by atoms with E-state index in [0.29, 0.717) is 0 Å². The average molecular weight is 184 g/mol. The van der Waals surface area contributed by atoms with Gasteiger partial charge < -0.3 is 14.9 Å². The highest BCUT2D eigenvalue weighted by molar-refractivity contribution is 5.25. The van der Waals surface area contributed by atoms with Gasteiger partial charge in [-0.2, -0.15) is 0 Å². The van der Waals surface area contributed by atoms with Crippen molar-refractivity contribution in [2.24, 2.45) is 0 Å². The molecule has 1 aliphatic rings. The molecular weight excluding hydrogens is 168 g/mol. The van der Waals surface area contributed by atoms with E-state index < -0.39 is 6.10 Å². The van der Waals surface area contributed by atoms with E-state index in [-0.39, 0.29) is 19.3 Å². The number of rotatable bonds is 5. The fourth-order valence-corrected chi connectivity index (χ4v) is 1.18. The first-order chi connectivity index (χ1) is 6.24. The standard InChI is InChI=1S/C10H16O3/c1-8(9-4-2-3-5-9)13-7-10(12)6-11/h2-4,8,10-12H,5-7H2,1H3. The number of aliphatic hydroxyl groups is 2. The Hall–Kier alpha value is -0.640. The Balaban J connectivity index is 2.21. The van der Waals surface area contributed by atoms with E-state index in [0.717, 1.165) is 6.42 Å². The summed E-state index contributed by atoms with van der Waals surface area (Å²) in [5.41, 5.74) is 1.21. The third-order valence-corrected chi connectivity index (χ3v) is 2.07. The van der Waals surface area contributed by atoms with Gasteiger partial charge in [0, 0.05) is 0 Å². The first kappa shape index (κ1) is 10.4. The lowest BCUT2D eigenvalue weighted by atomic mass is 10.1. The molecule has 1 aliphatic carbocycles. The minimum Gasteiger partial charge on any atom is -0.394 e. The predicted octanol–water partition coefficient (Wildman–Crippen LogP) is 0.631. The average Bonchev–Trinajstić information content (AvgIpc) is 2.66. The maximum absolute atomic E-state index is 9.04. The van der Waals surface area contributed by atoms with E-state index in [9.17, 15) is 0 Å². The first-order valence-corrected chi connectivity index (χ1v) is 4.50. The van der Waals surface area contributed by atoms with E-state index in [1.807, 2.05) is 19.1 Å². The van der Waals surface area contributed by atoms with Crippen LogP contribution in [0, 0.1) is 0 Å². The first-order valence-electron chi connectivity index (χ1n) is 4.50. The van der Waals surface area contributed by atoms with Gasteiger partial charge in [-0.1, -0.05) is 18.2 Å². The quantitative estimate of drug-likeness (QED) is 0.659. The summed E-state index contributed by atoms with van der Waals surface area (Å²) in [4.78, 5) is 0. The topological polar surface area (TPSA) is 49.7 Å². The fraction of sp³-hybridized carbons (Fsp3) is 0.600.